The largest absolute Gasteiger partial charge is 0.465 e. The predicted molar refractivity (Wildman–Crippen MR) is 96.4 cm³/mol. The van der Waals surface area contributed by atoms with Crippen LogP contribution in [0.2, 0.25) is 13.1 Å². The molecule has 1 saturated heterocycles. The zero-order chi connectivity index (χ0) is 17.9. The zero-order valence-electron chi connectivity index (χ0n) is 15.6. The molecular weight excluding hydrogens is 320 g/mol. The van der Waals surface area contributed by atoms with E-state index in [0.29, 0.717) is 11.5 Å². The van der Waals surface area contributed by atoms with E-state index in [2.05, 4.69) is 33.9 Å². The fourth-order valence-corrected chi connectivity index (χ4v) is 3.66. The third-order valence-electron chi connectivity index (χ3n) is 4.49. The van der Waals surface area contributed by atoms with Crippen molar-refractivity contribution in [2.45, 2.75) is 52.5 Å². The summed E-state index contributed by atoms with van der Waals surface area (Å²) >= 11 is 0. The molecule has 133 valence electrons. The molecule has 5 heteroatoms. The summed E-state index contributed by atoms with van der Waals surface area (Å²) in [5.74, 6) is 0.112. The van der Waals surface area contributed by atoms with Gasteiger partial charge in [0, 0.05) is 6.61 Å². The van der Waals surface area contributed by atoms with Crippen LogP contribution in [0.4, 0.5) is 0 Å². The van der Waals surface area contributed by atoms with Crippen LogP contribution in [0.5, 0.6) is 0 Å². The van der Waals surface area contributed by atoms with E-state index >= 15 is 0 Å². The van der Waals surface area contributed by atoms with Gasteiger partial charge in [0.1, 0.15) is 6.10 Å². The summed E-state index contributed by atoms with van der Waals surface area (Å²) < 4.78 is 16.7. The molecule has 0 saturated carbocycles. The first-order valence-electron chi connectivity index (χ1n) is 8.50. The molecule has 0 bridgehead atoms. The van der Waals surface area contributed by atoms with Crippen LogP contribution in [0.1, 0.15) is 49.2 Å². The van der Waals surface area contributed by atoms with Crippen molar-refractivity contribution >= 4 is 15.0 Å². The lowest BCUT2D eigenvalue weighted by Gasteiger charge is -2.30. The topological polar surface area (TPSA) is 48.1 Å². The van der Waals surface area contributed by atoms with E-state index in [1.807, 2.05) is 18.2 Å². The monoisotopic (exact) mass is 349 g/mol. The zero-order valence-corrected chi connectivity index (χ0v) is 16.6. The van der Waals surface area contributed by atoms with Gasteiger partial charge in [0.05, 0.1) is 18.8 Å². The van der Waals surface area contributed by atoms with Crippen molar-refractivity contribution in [1.29, 1.82) is 0 Å². The molecule has 0 N–H and O–H groups in total. The van der Waals surface area contributed by atoms with Crippen LogP contribution < -0.4 is 0 Å². The Hall–Kier alpha value is -1.17. The quantitative estimate of drug-likeness (QED) is 0.420. The minimum atomic E-state index is -0.655. The second-order valence-corrected chi connectivity index (χ2v) is 9.76. The highest BCUT2D eigenvalue weighted by atomic mass is 28.3. The summed E-state index contributed by atoms with van der Waals surface area (Å²) in [6, 6.07) is 7.56. The minimum absolute atomic E-state index is 0.0619. The van der Waals surface area contributed by atoms with Crippen LogP contribution in [0.15, 0.2) is 24.3 Å². The summed E-state index contributed by atoms with van der Waals surface area (Å²) in [6.45, 7) is 11.9. The normalized spacial score (nSPS) is 21.6. The van der Waals surface area contributed by atoms with Crippen LogP contribution in [0.3, 0.4) is 0 Å². The molecule has 1 radical (unpaired) electrons. The molecule has 0 aromatic heterocycles. The van der Waals surface area contributed by atoms with Crippen LogP contribution in [-0.4, -0.2) is 34.8 Å². The highest BCUT2D eigenvalue weighted by Gasteiger charge is 2.49. The molecule has 3 atom stereocenters. The Morgan fingerprint density at radius 1 is 1.33 bits per heavy atom. The van der Waals surface area contributed by atoms with E-state index in [4.69, 9.17) is 13.9 Å². The summed E-state index contributed by atoms with van der Waals surface area (Å²) in [5, 5.41) is 0. The maximum atomic E-state index is 11.7. The Bertz CT molecular complexity index is 565. The third-order valence-corrected chi connectivity index (χ3v) is 5.27. The molecule has 0 spiro atoms. The van der Waals surface area contributed by atoms with Gasteiger partial charge in [0.2, 0.25) is 9.04 Å². The SMILES string of the molecule is COC(=O)c1cccc([C@@H]2O[C@H]2C(CCO[Si](C)C)C(C)(C)C)c1. The molecule has 1 unspecified atom stereocenters. The van der Waals surface area contributed by atoms with E-state index in [1.165, 1.54) is 7.11 Å². The minimum Gasteiger partial charge on any atom is -0.465 e. The Morgan fingerprint density at radius 2 is 2.04 bits per heavy atom. The number of rotatable bonds is 7. The van der Waals surface area contributed by atoms with E-state index in [-0.39, 0.29) is 23.6 Å². The third kappa shape index (κ3) is 4.91. The van der Waals surface area contributed by atoms with Crippen LogP contribution >= 0.6 is 0 Å². The molecule has 24 heavy (non-hydrogen) atoms. The number of carbonyl (C=O) groups is 1. The van der Waals surface area contributed by atoms with Crippen molar-refractivity contribution in [3.05, 3.63) is 35.4 Å². The van der Waals surface area contributed by atoms with Gasteiger partial charge in [-0.15, -0.1) is 0 Å². The molecule has 4 nitrogen and oxygen atoms in total. The first-order chi connectivity index (χ1) is 11.2. The molecule has 1 aliphatic rings. The highest BCUT2D eigenvalue weighted by molar-refractivity contribution is 6.48. The predicted octanol–water partition coefficient (Wildman–Crippen LogP) is 4.23. The van der Waals surface area contributed by atoms with Gasteiger partial charge in [0.15, 0.2) is 0 Å². The molecule has 1 aromatic rings. The number of carbonyl (C=O) groups excluding carboxylic acids is 1. The van der Waals surface area contributed by atoms with E-state index in [1.54, 1.807) is 6.07 Å². The molecular formula is C19H29O4Si. The Balaban J connectivity index is 2.06. The second-order valence-electron chi connectivity index (χ2n) is 7.66. The molecule has 1 heterocycles. The molecule has 0 aliphatic carbocycles. The van der Waals surface area contributed by atoms with Crippen molar-refractivity contribution in [3.8, 4) is 0 Å². The molecule has 0 amide bonds. The average molecular weight is 350 g/mol. The lowest BCUT2D eigenvalue weighted by molar-refractivity contribution is 0.0600. The van der Waals surface area contributed by atoms with Gasteiger partial charge in [-0.05, 0) is 48.5 Å². The first-order valence-corrected chi connectivity index (χ1v) is 10.9. The number of esters is 1. The number of epoxide rings is 1. The molecule has 1 fully saturated rings. The fraction of sp³-hybridized carbons (Fsp3) is 0.632. The van der Waals surface area contributed by atoms with E-state index < -0.39 is 9.04 Å². The number of methoxy groups -OCH3 is 1. The highest BCUT2D eigenvalue weighted by Crippen LogP contribution is 2.50. The Morgan fingerprint density at radius 3 is 2.62 bits per heavy atom. The van der Waals surface area contributed by atoms with Gasteiger partial charge in [-0.3, -0.25) is 0 Å². The van der Waals surface area contributed by atoms with Crippen molar-refractivity contribution in [2.24, 2.45) is 11.3 Å². The van der Waals surface area contributed by atoms with Crippen molar-refractivity contribution in [1.82, 2.24) is 0 Å². The van der Waals surface area contributed by atoms with Crippen LogP contribution in [-0.2, 0) is 13.9 Å². The summed E-state index contributed by atoms with van der Waals surface area (Å²) in [6.07, 6.45) is 1.25. The van der Waals surface area contributed by atoms with Gasteiger partial charge in [0.25, 0.3) is 0 Å². The Labute approximate surface area is 147 Å². The van der Waals surface area contributed by atoms with Crippen LogP contribution in [0.25, 0.3) is 0 Å². The van der Waals surface area contributed by atoms with Crippen molar-refractivity contribution < 1.29 is 18.7 Å². The van der Waals surface area contributed by atoms with Crippen molar-refractivity contribution in [2.75, 3.05) is 13.7 Å². The standard InChI is InChI=1S/C19H29O4Si/c1-19(2,3)15(10-11-22-24(5)6)17-16(23-17)13-8-7-9-14(12-13)18(20)21-4/h7-9,12,15-17H,10-11H2,1-6H3/t15?,16-,17-/m0/s1. The summed E-state index contributed by atoms with van der Waals surface area (Å²) in [7, 11) is 0.746. The fourth-order valence-electron chi connectivity index (χ4n) is 3.14. The smallest absolute Gasteiger partial charge is 0.337 e. The van der Waals surface area contributed by atoms with Gasteiger partial charge in [-0.1, -0.05) is 32.9 Å². The maximum Gasteiger partial charge on any atom is 0.337 e. The number of ether oxygens (including phenoxy) is 2. The molecule has 1 aromatic carbocycles. The molecule has 2 rings (SSSR count). The van der Waals surface area contributed by atoms with Crippen molar-refractivity contribution in [3.63, 3.8) is 0 Å². The summed E-state index contributed by atoms with van der Waals surface area (Å²) in [5.41, 5.74) is 1.77. The number of benzene rings is 1. The van der Waals surface area contributed by atoms with Gasteiger partial charge < -0.3 is 13.9 Å². The van der Waals surface area contributed by atoms with Gasteiger partial charge in [-0.25, -0.2) is 4.79 Å². The summed E-state index contributed by atoms with van der Waals surface area (Å²) in [4.78, 5) is 11.7. The first kappa shape index (κ1) is 19.2. The second kappa shape index (κ2) is 7.81. The number of hydrogen-bond donors (Lipinski definition) is 0. The number of hydrogen-bond acceptors (Lipinski definition) is 4. The van der Waals surface area contributed by atoms with E-state index in [0.717, 1.165) is 18.6 Å². The molecule has 1 aliphatic heterocycles. The average Bonchev–Trinajstić information content (AvgIpc) is 3.29. The van der Waals surface area contributed by atoms with Gasteiger partial charge in [-0.2, -0.15) is 0 Å². The lowest BCUT2D eigenvalue weighted by Crippen LogP contribution is -2.28. The van der Waals surface area contributed by atoms with E-state index in [9.17, 15) is 4.79 Å². The lowest BCUT2D eigenvalue weighted by atomic mass is 9.75. The van der Waals surface area contributed by atoms with Crippen LogP contribution in [0, 0.1) is 11.3 Å². The maximum absolute atomic E-state index is 11.7. The van der Waals surface area contributed by atoms with Gasteiger partial charge >= 0.3 is 5.97 Å². The Kier molecular flexibility index (Phi) is 6.23.